The van der Waals surface area contributed by atoms with Gasteiger partial charge in [0.05, 0.1) is 31.4 Å². The number of aliphatic hydroxyl groups excluding tert-OH is 1. The molecule has 0 radical (unpaired) electrons. The first-order valence-corrected chi connectivity index (χ1v) is 12.4. The summed E-state index contributed by atoms with van der Waals surface area (Å²) in [6, 6.07) is 13.0. The number of phenols is 1. The molecule has 1 amide bonds. The van der Waals surface area contributed by atoms with E-state index in [4.69, 9.17) is 9.47 Å². The summed E-state index contributed by atoms with van der Waals surface area (Å²) in [4.78, 5) is 28.9. The number of hydrogen-bond donors (Lipinski definition) is 2. The number of hydrogen-bond acceptors (Lipinski definition) is 7. The van der Waals surface area contributed by atoms with Crippen molar-refractivity contribution in [2.75, 3.05) is 13.2 Å². The number of ketones is 1. The number of benzene rings is 2. The Morgan fingerprint density at radius 2 is 2.06 bits per heavy atom. The Bertz CT molecular complexity index is 1310. The Morgan fingerprint density at radius 3 is 2.83 bits per heavy atom. The summed E-state index contributed by atoms with van der Waals surface area (Å²) in [5.41, 5.74) is 1.98. The van der Waals surface area contributed by atoms with Gasteiger partial charge in [-0.3, -0.25) is 9.59 Å². The van der Waals surface area contributed by atoms with E-state index in [1.807, 2.05) is 23.6 Å². The van der Waals surface area contributed by atoms with Crippen LogP contribution >= 0.6 is 11.3 Å². The summed E-state index contributed by atoms with van der Waals surface area (Å²) < 4.78 is 11.2. The zero-order chi connectivity index (χ0) is 24.5. The molecule has 1 unspecified atom stereocenters. The first-order chi connectivity index (χ1) is 17.0. The van der Waals surface area contributed by atoms with Crippen molar-refractivity contribution in [2.24, 2.45) is 0 Å². The molecule has 0 aliphatic carbocycles. The zero-order valence-electron chi connectivity index (χ0n) is 19.2. The Morgan fingerprint density at radius 1 is 1.20 bits per heavy atom. The molecule has 8 heteroatoms. The van der Waals surface area contributed by atoms with Crippen molar-refractivity contribution < 1.29 is 29.3 Å². The number of aliphatic hydroxyl groups is 1. The number of thiophene rings is 1. The number of carbonyl (C=O) groups is 2. The van der Waals surface area contributed by atoms with Crippen LogP contribution in [0, 0.1) is 0 Å². The van der Waals surface area contributed by atoms with E-state index in [-0.39, 0.29) is 29.4 Å². The second-order valence-corrected chi connectivity index (χ2v) is 9.47. The van der Waals surface area contributed by atoms with Crippen molar-refractivity contribution in [3.05, 3.63) is 81.1 Å². The summed E-state index contributed by atoms with van der Waals surface area (Å²) in [7, 11) is 0. The van der Waals surface area contributed by atoms with E-state index in [1.54, 1.807) is 31.2 Å². The number of carbonyl (C=O) groups excluding carboxylic acids is 2. The van der Waals surface area contributed by atoms with Crippen LogP contribution < -0.4 is 9.47 Å². The van der Waals surface area contributed by atoms with Gasteiger partial charge in [0.1, 0.15) is 11.5 Å². The molecule has 7 nitrogen and oxygen atoms in total. The van der Waals surface area contributed by atoms with E-state index in [9.17, 15) is 19.8 Å². The maximum Gasteiger partial charge on any atom is 0.295 e. The van der Waals surface area contributed by atoms with Crippen LogP contribution in [-0.2, 0) is 22.6 Å². The van der Waals surface area contributed by atoms with E-state index in [1.165, 1.54) is 22.3 Å². The van der Waals surface area contributed by atoms with Gasteiger partial charge in [-0.05, 0) is 72.7 Å². The lowest BCUT2D eigenvalue weighted by molar-refractivity contribution is -0.140. The fraction of sp³-hybridized carbons (Fsp3) is 0.259. The molecule has 3 aromatic rings. The average Bonchev–Trinajstić information content (AvgIpc) is 3.47. The highest BCUT2D eigenvalue weighted by atomic mass is 32.1. The highest BCUT2D eigenvalue weighted by Crippen LogP contribution is 2.43. The lowest BCUT2D eigenvalue weighted by atomic mass is 9.93. The number of likely N-dealkylation sites (tertiary alicyclic amines) is 1. The minimum Gasteiger partial charge on any atom is -0.507 e. The molecule has 0 bridgehead atoms. The van der Waals surface area contributed by atoms with Crippen molar-refractivity contribution in [1.82, 2.24) is 4.90 Å². The van der Waals surface area contributed by atoms with E-state index < -0.39 is 17.7 Å². The molecule has 180 valence electrons. The predicted molar refractivity (Wildman–Crippen MR) is 132 cm³/mol. The molecular formula is C27H25NO6S. The van der Waals surface area contributed by atoms with Gasteiger partial charge in [-0.1, -0.05) is 12.1 Å². The Labute approximate surface area is 206 Å². The highest BCUT2D eigenvalue weighted by Gasteiger charge is 2.46. The maximum atomic E-state index is 13.3. The normalized spacial score (nSPS) is 18.9. The molecule has 1 atom stereocenters. The smallest absolute Gasteiger partial charge is 0.295 e. The lowest BCUT2D eigenvalue weighted by Gasteiger charge is -2.25. The van der Waals surface area contributed by atoms with Gasteiger partial charge < -0.3 is 24.6 Å². The topological polar surface area (TPSA) is 96.3 Å². The number of Topliss-reactive ketones (excluding diaryl/α,β-unsaturated/α-hetero) is 1. The van der Waals surface area contributed by atoms with Gasteiger partial charge in [0.2, 0.25) is 0 Å². The standard InChI is InChI=1S/C27H25NO6S/c1-2-33-22-14-17(7-9-20(22)29)24-23(26(31)27(32)28(24)15-19-6-4-12-35-19)25(30)18-8-10-21-16(13-18)5-3-11-34-21/h4,6-10,12-14,24,29-30H,2-3,5,11,15H2,1H3/b25-23+. The van der Waals surface area contributed by atoms with E-state index in [0.29, 0.717) is 24.3 Å². The first kappa shape index (κ1) is 23.0. The van der Waals surface area contributed by atoms with Crippen LogP contribution in [0.3, 0.4) is 0 Å². The summed E-state index contributed by atoms with van der Waals surface area (Å²) in [5.74, 6) is -0.691. The van der Waals surface area contributed by atoms with Crippen LogP contribution in [0.4, 0.5) is 0 Å². The summed E-state index contributed by atoms with van der Waals surface area (Å²) in [6.07, 6.45) is 1.68. The van der Waals surface area contributed by atoms with Crippen LogP contribution in [-0.4, -0.2) is 40.0 Å². The molecule has 3 heterocycles. The molecule has 35 heavy (non-hydrogen) atoms. The number of ether oxygens (including phenoxy) is 2. The summed E-state index contributed by atoms with van der Waals surface area (Å²) in [5, 5.41) is 23.5. The van der Waals surface area contributed by atoms with E-state index >= 15 is 0 Å². The molecule has 1 aromatic heterocycles. The van der Waals surface area contributed by atoms with Gasteiger partial charge in [0.25, 0.3) is 11.7 Å². The van der Waals surface area contributed by atoms with Crippen LogP contribution in [0.25, 0.3) is 5.76 Å². The molecule has 2 aliphatic heterocycles. The third kappa shape index (κ3) is 4.25. The number of rotatable bonds is 6. The number of phenolic OH excluding ortho intramolecular Hbond substituents is 1. The second kappa shape index (κ2) is 9.46. The second-order valence-electron chi connectivity index (χ2n) is 8.44. The maximum absolute atomic E-state index is 13.3. The molecule has 1 fully saturated rings. The van der Waals surface area contributed by atoms with Crippen LogP contribution in [0.15, 0.2) is 59.5 Å². The SMILES string of the molecule is CCOc1cc(C2/C(=C(\O)c3ccc4c(c3)CCCO4)C(=O)C(=O)N2Cc2cccs2)ccc1O. The van der Waals surface area contributed by atoms with Crippen molar-refractivity contribution in [2.45, 2.75) is 32.4 Å². The Hall–Kier alpha value is -3.78. The van der Waals surface area contributed by atoms with Gasteiger partial charge in [-0.15, -0.1) is 11.3 Å². The predicted octanol–water partition coefficient (Wildman–Crippen LogP) is 4.80. The third-order valence-electron chi connectivity index (χ3n) is 6.23. The Balaban J connectivity index is 1.65. The monoisotopic (exact) mass is 491 g/mol. The fourth-order valence-corrected chi connectivity index (χ4v) is 5.30. The minimum absolute atomic E-state index is 0.0105. The number of fused-ring (bicyclic) bond motifs is 1. The van der Waals surface area contributed by atoms with E-state index in [2.05, 4.69) is 0 Å². The Kier molecular flexibility index (Phi) is 6.21. The fourth-order valence-electron chi connectivity index (χ4n) is 4.60. The van der Waals surface area contributed by atoms with Gasteiger partial charge in [0.15, 0.2) is 11.5 Å². The van der Waals surface area contributed by atoms with Crippen molar-refractivity contribution in [1.29, 1.82) is 0 Å². The van der Waals surface area contributed by atoms with Crippen LogP contribution in [0.1, 0.15) is 41.0 Å². The van der Waals surface area contributed by atoms with Gasteiger partial charge in [0, 0.05) is 10.4 Å². The summed E-state index contributed by atoms with van der Waals surface area (Å²) in [6.45, 7) is 3.00. The van der Waals surface area contributed by atoms with Crippen molar-refractivity contribution in [3.8, 4) is 17.2 Å². The molecule has 1 saturated heterocycles. The molecule has 0 spiro atoms. The number of aromatic hydroxyl groups is 1. The molecular weight excluding hydrogens is 466 g/mol. The molecule has 2 aromatic carbocycles. The lowest BCUT2D eigenvalue weighted by Crippen LogP contribution is -2.28. The molecule has 2 aliphatic rings. The molecule has 5 rings (SSSR count). The molecule has 0 saturated carbocycles. The van der Waals surface area contributed by atoms with E-state index in [0.717, 1.165) is 29.0 Å². The third-order valence-corrected chi connectivity index (χ3v) is 7.09. The van der Waals surface area contributed by atoms with Crippen LogP contribution in [0.5, 0.6) is 17.2 Å². The highest BCUT2D eigenvalue weighted by molar-refractivity contribution is 7.09. The number of amides is 1. The zero-order valence-corrected chi connectivity index (χ0v) is 20.0. The minimum atomic E-state index is -0.843. The number of aryl methyl sites for hydroxylation is 1. The van der Waals surface area contributed by atoms with Crippen molar-refractivity contribution in [3.63, 3.8) is 0 Å². The van der Waals surface area contributed by atoms with Gasteiger partial charge in [-0.25, -0.2) is 0 Å². The quantitative estimate of drug-likeness (QED) is 0.292. The van der Waals surface area contributed by atoms with Crippen molar-refractivity contribution >= 4 is 28.8 Å². The number of nitrogens with zero attached hydrogens (tertiary/aromatic N) is 1. The first-order valence-electron chi connectivity index (χ1n) is 11.5. The molecule has 2 N–H and O–H groups in total. The summed E-state index contributed by atoms with van der Waals surface area (Å²) >= 11 is 1.48. The average molecular weight is 492 g/mol. The van der Waals surface area contributed by atoms with Gasteiger partial charge in [-0.2, -0.15) is 0 Å². The van der Waals surface area contributed by atoms with Crippen LogP contribution in [0.2, 0.25) is 0 Å². The largest absolute Gasteiger partial charge is 0.507 e. The van der Waals surface area contributed by atoms with Gasteiger partial charge >= 0.3 is 0 Å².